The number of esters is 1. The third-order valence-electron chi connectivity index (χ3n) is 9.12. The number of hydrogen-bond donors (Lipinski definition) is 7. The summed E-state index contributed by atoms with van der Waals surface area (Å²) < 4.78 is 16.3. The van der Waals surface area contributed by atoms with E-state index in [-0.39, 0.29) is 36.7 Å². The fourth-order valence-electron chi connectivity index (χ4n) is 6.87. The van der Waals surface area contributed by atoms with Crippen molar-refractivity contribution < 1.29 is 54.4 Å². The predicted octanol–water partition coefficient (Wildman–Crippen LogP) is -0.473. The third kappa shape index (κ3) is 5.20. The number of piperidine rings is 1. The van der Waals surface area contributed by atoms with Crippen LogP contribution in [-0.4, -0.2) is 116 Å². The molecule has 0 aliphatic carbocycles. The number of fused-ring (bicyclic) bond motifs is 5. The Morgan fingerprint density at radius 1 is 1.17 bits per heavy atom. The highest BCUT2D eigenvalue weighted by Crippen LogP contribution is 2.48. The van der Waals surface area contributed by atoms with Crippen molar-refractivity contribution in [3.05, 3.63) is 29.5 Å². The molecule has 4 heterocycles. The molecule has 2 saturated heterocycles. The Morgan fingerprint density at radius 3 is 2.56 bits per heavy atom. The topological polar surface area (TPSA) is 202 Å². The minimum Gasteiger partial charge on any atom is -0.480 e. The number of H-pyrrole nitrogens is 1. The summed E-state index contributed by atoms with van der Waals surface area (Å²) in [6, 6.07) is 3.94. The van der Waals surface area contributed by atoms with Crippen molar-refractivity contribution in [2.45, 2.75) is 69.0 Å². The summed E-state index contributed by atoms with van der Waals surface area (Å²) in [4.78, 5) is 30.4. The number of ether oxygens (including phenoxy) is 3. The van der Waals surface area contributed by atoms with Crippen molar-refractivity contribution in [1.82, 2.24) is 9.88 Å². The van der Waals surface area contributed by atoms with Gasteiger partial charge in [-0.1, -0.05) is 13.3 Å². The van der Waals surface area contributed by atoms with E-state index in [4.69, 9.17) is 14.2 Å². The number of aliphatic hydroxyl groups is 5. The van der Waals surface area contributed by atoms with Crippen LogP contribution < -0.4 is 4.74 Å². The van der Waals surface area contributed by atoms with E-state index in [9.17, 15) is 40.2 Å². The van der Waals surface area contributed by atoms with Crippen LogP contribution >= 0.6 is 0 Å². The molecule has 3 aliphatic rings. The second-order valence-electron chi connectivity index (χ2n) is 11.2. The number of hydrogen-bond acceptors (Lipinski definition) is 11. The van der Waals surface area contributed by atoms with E-state index in [2.05, 4.69) is 4.98 Å². The number of methoxy groups -OCH3 is 1. The Bertz CT molecular complexity index is 1270. The summed E-state index contributed by atoms with van der Waals surface area (Å²) in [5.41, 5.74) is 2.37. The molecule has 0 spiro atoms. The highest BCUT2D eigenvalue weighted by atomic mass is 16.7. The summed E-state index contributed by atoms with van der Waals surface area (Å²) in [6.45, 7) is 1.50. The number of rotatable bonds is 8. The predicted molar refractivity (Wildman–Crippen MR) is 142 cm³/mol. The van der Waals surface area contributed by atoms with E-state index in [1.807, 2.05) is 11.8 Å². The fourth-order valence-corrected chi connectivity index (χ4v) is 6.87. The number of carbonyl (C=O) groups excluding carboxylic acids is 1. The number of benzene rings is 1. The number of nitrogens with one attached hydrogen (secondary N) is 1. The van der Waals surface area contributed by atoms with Crippen LogP contribution in [0.4, 0.5) is 0 Å². The zero-order chi connectivity index (χ0) is 29.6. The molecule has 10 atom stereocenters. The van der Waals surface area contributed by atoms with Gasteiger partial charge in [0.25, 0.3) is 0 Å². The van der Waals surface area contributed by atoms with Gasteiger partial charge in [-0.25, -0.2) is 0 Å². The lowest BCUT2D eigenvalue weighted by Gasteiger charge is -2.49. The molecule has 2 fully saturated rings. The Morgan fingerprint density at radius 2 is 1.93 bits per heavy atom. The van der Waals surface area contributed by atoms with Crippen LogP contribution in [-0.2, 0) is 25.5 Å². The largest absolute Gasteiger partial charge is 0.480 e. The van der Waals surface area contributed by atoms with Crippen molar-refractivity contribution in [1.29, 1.82) is 0 Å². The van der Waals surface area contributed by atoms with E-state index in [0.29, 0.717) is 24.8 Å². The summed E-state index contributed by atoms with van der Waals surface area (Å²) in [6.07, 6.45) is -5.76. The third-order valence-corrected chi connectivity index (χ3v) is 9.12. The first kappa shape index (κ1) is 29.7. The number of aliphatic carboxylic acids is 1. The summed E-state index contributed by atoms with van der Waals surface area (Å²) >= 11 is 0. The van der Waals surface area contributed by atoms with E-state index >= 15 is 0 Å². The molecule has 3 aliphatic heterocycles. The van der Waals surface area contributed by atoms with Gasteiger partial charge >= 0.3 is 11.9 Å². The van der Waals surface area contributed by atoms with Gasteiger partial charge in [0.15, 0.2) is 0 Å². The van der Waals surface area contributed by atoms with Crippen LogP contribution in [0.15, 0.2) is 18.2 Å². The van der Waals surface area contributed by atoms with Gasteiger partial charge in [0, 0.05) is 29.6 Å². The Labute approximate surface area is 236 Å². The number of aliphatic hydroxyl groups excluding tert-OH is 5. The SMILES string of the molecule is CC[C@@H]1CN2[C@H](C(=O)O)Cc3c([nH]c4ccc(O[C@@H]5O[C@H](CO)[C@@H](O)[C@H](O)[C@H]5O)cc34)[C@@H]2C[C@@H]1C(CO)C(=O)OC. The molecule has 1 aromatic heterocycles. The molecule has 13 nitrogen and oxygen atoms in total. The molecule has 13 heteroatoms. The van der Waals surface area contributed by atoms with Crippen molar-refractivity contribution in [3.63, 3.8) is 0 Å². The number of carboxylic acid groups (broad SMARTS) is 1. The first-order valence-corrected chi connectivity index (χ1v) is 13.9. The fraction of sp³-hybridized carbons (Fsp3) is 0.643. The van der Waals surface area contributed by atoms with E-state index in [1.54, 1.807) is 18.2 Å². The Kier molecular flexibility index (Phi) is 8.58. The molecule has 0 amide bonds. The first-order valence-electron chi connectivity index (χ1n) is 13.9. The molecule has 1 aromatic carbocycles. The van der Waals surface area contributed by atoms with Gasteiger partial charge in [-0.15, -0.1) is 0 Å². The van der Waals surface area contributed by atoms with Gasteiger partial charge < -0.3 is 49.8 Å². The van der Waals surface area contributed by atoms with Gasteiger partial charge in [-0.3, -0.25) is 14.5 Å². The number of nitrogens with zero attached hydrogens (tertiary/aromatic N) is 1. The highest BCUT2D eigenvalue weighted by molar-refractivity contribution is 5.88. The number of carboxylic acids is 1. The molecule has 41 heavy (non-hydrogen) atoms. The van der Waals surface area contributed by atoms with Crippen molar-refractivity contribution in [3.8, 4) is 5.75 Å². The van der Waals surface area contributed by atoms with Gasteiger partial charge in [0.05, 0.1) is 32.3 Å². The number of aromatic nitrogens is 1. The van der Waals surface area contributed by atoms with Crippen LogP contribution in [0.25, 0.3) is 10.9 Å². The molecule has 7 N–H and O–H groups in total. The normalized spacial score (nSPS) is 34.5. The average molecular weight is 579 g/mol. The van der Waals surface area contributed by atoms with Crippen molar-refractivity contribution >= 4 is 22.8 Å². The molecular formula is C28H38N2O11. The standard InChI is InChI=1S/C28H38N2O11/c1-3-12-9-30-19(7-14(12)17(10-31)27(38)39-2)22-16(8-20(30)26(36)37)15-6-13(4-5-18(15)29-22)40-28-25(35)24(34)23(33)21(11-32)41-28/h4-6,12,14,17,19-21,23-25,28-29,31-35H,3,7-11H2,1-2H3,(H,36,37)/t12-,14+,17?,19+,20+,21-,23-,24+,25-,28-/m1/s1. The van der Waals surface area contributed by atoms with Crippen molar-refractivity contribution in [2.24, 2.45) is 17.8 Å². The molecule has 0 bridgehead atoms. The summed E-state index contributed by atoms with van der Waals surface area (Å²) in [7, 11) is 1.29. The number of carbonyl (C=O) groups is 2. The van der Waals surface area contributed by atoms with Crippen LogP contribution in [0.2, 0.25) is 0 Å². The lowest BCUT2D eigenvalue weighted by Crippen LogP contribution is -2.60. The second-order valence-corrected chi connectivity index (χ2v) is 11.2. The maximum absolute atomic E-state index is 12.5. The van der Waals surface area contributed by atoms with Gasteiger partial charge in [0.2, 0.25) is 6.29 Å². The minimum atomic E-state index is -1.59. The molecule has 1 unspecified atom stereocenters. The van der Waals surface area contributed by atoms with E-state index in [0.717, 1.165) is 16.8 Å². The molecule has 5 rings (SSSR count). The van der Waals surface area contributed by atoms with Crippen LogP contribution in [0.3, 0.4) is 0 Å². The van der Waals surface area contributed by atoms with Crippen LogP contribution in [0.1, 0.15) is 37.1 Å². The molecule has 2 aromatic rings. The highest BCUT2D eigenvalue weighted by Gasteiger charge is 2.49. The number of aromatic amines is 1. The van der Waals surface area contributed by atoms with Crippen LogP contribution in [0, 0.1) is 17.8 Å². The quantitative estimate of drug-likeness (QED) is 0.199. The van der Waals surface area contributed by atoms with E-state index in [1.165, 1.54) is 7.11 Å². The lowest BCUT2D eigenvalue weighted by molar-refractivity contribution is -0.277. The molecular weight excluding hydrogens is 540 g/mol. The maximum Gasteiger partial charge on any atom is 0.321 e. The maximum atomic E-state index is 12.5. The summed E-state index contributed by atoms with van der Waals surface area (Å²) in [5, 5.41) is 61.1. The molecule has 0 radical (unpaired) electrons. The monoisotopic (exact) mass is 578 g/mol. The van der Waals surface area contributed by atoms with Gasteiger partial charge in [-0.2, -0.15) is 0 Å². The second kappa shape index (κ2) is 11.8. The average Bonchev–Trinajstić information content (AvgIpc) is 3.34. The van der Waals surface area contributed by atoms with Crippen LogP contribution in [0.5, 0.6) is 5.75 Å². The zero-order valence-corrected chi connectivity index (χ0v) is 22.9. The lowest BCUT2D eigenvalue weighted by atomic mass is 9.70. The molecule has 226 valence electrons. The first-order chi connectivity index (χ1) is 19.6. The zero-order valence-electron chi connectivity index (χ0n) is 22.9. The Balaban J connectivity index is 1.49. The molecule has 0 saturated carbocycles. The van der Waals surface area contributed by atoms with Gasteiger partial charge in [-0.05, 0) is 42.0 Å². The Hall–Kier alpha value is -2.78. The van der Waals surface area contributed by atoms with E-state index < -0.39 is 61.2 Å². The van der Waals surface area contributed by atoms with Crippen molar-refractivity contribution in [2.75, 3.05) is 26.9 Å². The van der Waals surface area contributed by atoms with Gasteiger partial charge in [0.1, 0.15) is 36.2 Å². The minimum absolute atomic E-state index is 0.00572. The summed E-state index contributed by atoms with van der Waals surface area (Å²) in [5.74, 6) is -2.10. The smallest absolute Gasteiger partial charge is 0.321 e.